The average molecular weight is 521 g/mol. The van der Waals surface area contributed by atoms with Crippen LogP contribution in [0.5, 0.6) is 17.2 Å². The summed E-state index contributed by atoms with van der Waals surface area (Å²) in [6, 6.07) is 14.6. The Morgan fingerprint density at radius 1 is 0.973 bits per heavy atom. The van der Waals surface area contributed by atoms with Crippen molar-refractivity contribution in [1.82, 2.24) is 4.98 Å². The fourth-order valence-corrected chi connectivity index (χ4v) is 5.30. The van der Waals surface area contributed by atoms with Gasteiger partial charge in [0.2, 0.25) is 0 Å². The molecule has 1 atom stereocenters. The minimum atomic E-state index is -1.02. The molecular formula is C27H21FN2O6S. The number of ketones is 1. The summed E-state index contributed by atoms with van der Waals surface area (Å²) < 4.78 is 30.3. The van der Waals surface area contributed by atoms with Crippen LogP contribution in [0.2, 0.25) is 0 Å². The quantitative estimate of drug-likeness (QED) is 0.215. The third-order valence-corrected chi connectivity index (χ3v) is 7.07. The zero-order chi connectivity index (χ0) is 26.3. The fourth-order valence-electron chi connectivity index (χ4n) is 4.29. The summed E-state index contributed by atoms with van der Waals surface area (Å²) in [7, 11) is 4.43. The molecule has 1 aliphatic heterocycles. The average Bonchev–Trinajstić information content (AvgIpc) is 3.45. The maximum absolute atomic E-state index is 13.8. The Morgan fingerprint density at radius 2 is 1.76 bits per heavy atom. The maximum atomic E-state index is 13.8. The highest BCUT2D eigenvalue weighted by Crippen LogP contribution is 2.45. The summed E-state index contributed by atoms with van der Waals surface area (Å²) in [6.07, 6.45) is 0. The molecule has 1 aromatic heterocycles. The van der Waals surface area contributed by atoms with Gasteiger partial charge in [-0.2, -0.15) is 0 Å². The molecule has 10 heteroatoms. The molecule has 5 rings (SSSR count). The number of amides is 1. The van der Waals surface area contributed by atoms with Crippen molar-refractivity contribution in [2.24, 2.45) is 0 Å². The van der Waals surface area contributed by atoms with Crippen LogP contribution in [0.25, 0.3) is 16.0 Å². The van der Waals surface area contributed by atoms with E-state index >= 15 is 0 Å². The molecule has 4 aromatic rings. The lowest BCUT2D eigenvalue weighted by Gasteiger charge is -2.23. The third kappa shape index (κ3) is 4.15. The monoisotopic (exact) mass is 520 g/mol. The van der Waals surface area contributed by atoms with Crippen molar-refractivity contribution in [3.63, 3.8) is 0 Å². The van der Waals surface area contributed by atoms with E-state index in [1.165, 1.54) is 50.5 Å². The van der Waals surface area contributed by atoms with Gasteiger partial charge in [-0.3, -0.25) is 14.5 Å². The van der Waals surface area contributed by atoms with Crippen molar-refractivity contribution in [3.05, 3.63) is 83.2 Å². The van der Waals surface area contributed by atoms with Gasteiger partial charge >= 0.3 is 5.91 Å². The van der Waals surface area contributed by atoms with Crippen molar-refractivity contribution in [1.29, 1.82) is 0 Å². The number of aliphatic hydroxyl groups excluding tert-OH is 1. The summed E-state index contributed by atoms with van der Waals surface area (Å²) in [6.45, 7) is 0. The number of hydrogen-bond donors (Lipinski definition) is 1. The molecule has 1 unspecified atom stereocenters. The predicted octanol–water partition coefficient (Wildman–Crippen LogP) is 5.09. The number of aliphatic hydroxyl groups is 1. The number of fused-ring (bicyclic) bond motifs is 1. The molecular weight excluding hydrogens is 499 g/mol. The highest BCUT2D eigenvalue weighted by molar-refractivity contribution is 7.22. The van der Waals surface area contributed by atoms with Crippen LogP contribution in [0, 0.1) is 5.82 Å². The van der Waals surface area contributed by atoms with Crippen molar-refractivity contribution in [2.75, 3.05) is 26.2 Å². The second kappa shape index (κ2) is 9.55. The van der Waals surface area contributed by atoms with Gasteiger partial charge in [0.25, 0.3) is 5.78 Å². The van der Waals surface area contributed by atoms with E-state index in [9.17, 15) is 19.1 Å². The van der Waals surface area contributed by atoms with E-state index < -0.39 is 23.5 Å². The van der Waals surface area contributed by atoms with E-state index in [-0.39, 0.29) is 22.0 Å². The number of Topliss-reactive ketones (excluding diaryl/α,β-unsaturated/α-hetero) is 1. The number of nitrogens with zero attached hydrogens (tertiary/aromatic N) is 2. The first kappa shape index (κ1) is 24.3. The standard InChI is InChI=1S/C27H21FN2O6S/c1-34-17-6-4-5-14(11-17)23-22(24(31)15-7-10-19(35-2)20(12-15)36-3)25(32)26(33)30(23)27-29-18-9-8-16(28)13-21(18)37-27/h4-13,23,31H,1-3H3/b24-22+. The Balaban J connectivity index is 1.73. The number of hydrogen-bond acceptors (Lipinski definition) is 8. The molecule has 0 spiro atoms. The summed E-state index contributed by atoms with van der Waals surface area (Å²) in [5, 5.41) is 11.6. The van der Waals surface area contributed by atoms with E-state index in [0.717, 1.165) is 11.3 Å². The van der Waals surface area contributed by atoms with Gasteiger partial charge in [-0.15, -0.1) is 0 Å². The lowest BCUT2D eigenvalue weighted by molar-refractivity contribution is -0.132. The number of carbonyl (C=O) groups excluding carboxylic acids is 2. The number of carbonyl (C=O) groups is 2. The van der Waals surface area contributed by atoms with Crippen LogP contribution in [0.15, 0.2) is 66.2 Å². The van der Waals surface area contributed by atoms with Crippen LogP contribution < -0.4 is 19.1 Å². The molecule has 1 N–H and O–H groups in total. The van der Waals surface area contributed by atoms with Crippen LogP contribution in [-0.2, 0) is 9.59 Å². The van der Waals surface area contributed by atoms with Gasteiger partial charge in [0.05, 0.1) is 43.2 Å². The van der Waals surface area contributed by atoms with Gasteiger partial charge in [0.15, 0.2) is 16.6 Å². The van der Waals surface area contributed by atoms with Crippen LogP contribution >= 0.6 is 11.3 Å². The first-order valence-electron chi connectivity index (χ1n) is 11.1. The molecule has 0 saturated carbocycles. The number of ether oxygens (including phenoxy) is 3. The van der Waals surface area contributed by atoms with Crippen LogP contribution in [0.1, 0.15) is 17.2 Å². The summed E-state index contributed by atoms with van der Waals surface area (Å²) in [5.41, 5.74) is 1.13. The molecule has 8 nitrogen and oxygen atoms in total. The Kier molecular flexibility index (Phi) is 6.26. The lowest BCUT2D eigenvalue weighted by Crippen LogP contribution is -2.29. The number of aromatic nitrogens is 1. The van der Waals surface area contributed by atoms with Crippen molar-refractivity contribution in [3.8, 4) is 17.2 Å². The number of anilines is 1. The highest BCUT2D eigenvalue weighted by atomic mass is 32.1. The summed E-state index contributed by atoms with van der Waals surface area (Å²) >= 11 is 1.07. The van der Waals surface area contributed by atoms with Crippen molar-refractivity contribution < 1.29 is 33.3 Å². The van der Waals surface area contributed by atoms with E-state index in [4.69, 9.17) is 14.2 Å². The first-order valence-corrected chi connectivity index (χ1v) is 11.9. The van der Waals surface area contributed by atoms with Crippen LogP contribution in [0.3, 0.4) is 0 Å². The van der Waals surface area contributed by atoms with Crippen molar-refractivity contribution in [2.45, 2.75) is 6.04 Å². The minimum absolute atomic E-state index is 0.129. The molecule has 1 saturated heterocycles. The van der Waals surface area contributed by atoms with Crippen LogP contribution in [0.4, 0.5) is 9.52 Å². The first-order chi connectivity index (χ1) is 17.9. The summed E-state index contributed by atoms with van der Waals surface area (Å²) in [4.78, 5) is 32.5. The Labute approximate surface area is 215 Å². The zero-order valence-electron chi connectivity index (χ0n) is 20.0. The van der Waals surface area contributed by atoms with Gasteiger partial charge in [-0.25, -0.2) is 9.37 Å². The van der Waals surface area contributed by atoms with Gasteiger partial charge in [0, 0.05) is 5.56 Å². The smallest absolute Gasteiger partial charge is 0.301 e. The number of rotatable bonds is 6. The molecule has 37 heavy (non-hydrogen) atoms. The Morgan fingerprint density at radius 3 is 2.49 bits per heavy atom. The normalized spacial score (nSPS) is 16.9. The van der Waals surface area contributed by atoms with Gasteiger partial charge in [0.1, 0.15) is 17.3 Å². The fraction of sp³-hybridized carbons (Fsp3) is 0.148. The molecule has 0 bridgehead atoms. The summed E-state index contributed by atoms with van der Waals surface area (Å²) in [5.74, 6) is -1.30. The van der Waals surface area contributed by atoms with Gasteiger partial charge < -0.3 is 19.3 Å². The van der Waals surface area contributed by atoms with Crippen molar-refractivity contribution >= 4 is 44.1 Å². The largest absolute Gasteiger partial charge is 0.507 e. The van der Waals surface area contributed by atoms with Gasteiger partial charge in [-0.05, 0) is 54.1 Å². The molecule has 0 radical (unpaired) electrons. The molecule has 2 heterocycles. The van der Waals surface area contributed by atoms with E-state index in [0.29, 0.717) is 33.0 Å². The molecule has 188 valence electrons. The Bertz CT molecular complexity index is 1580. The second-order valence-corrected chi connectivity index (χ2v) is 9.13. The predicted molar refractivity (Wildman–Crippen MR) is 137 cm³/mol. The molecule has 0 aliphatic carbocycles. The van der Waals surface area contributed by atoms with Gasteiger partial charge in [-0.1, -0.05) is 23.5 Å². The number of thiazole rings is 1. The maximum Gasteiger partial charge on any atom is 0.301 e. The van der Waals surface area contributed by atoms with E-state index in [1.54, 1.807) is 36.4 Å². The zero-order valence-corrected chi connectivity index (χ0v) is 20.8. The second-order valence-electron chi connectivity index (χ2n) is 8.12. The van der Waals surface area contributed by atoms with E-state index in [1.807, 2.05) is 0 Å². The third-order valence-electron chi connectivity index (χ3n) is 6.06. The number of halogens is 1. The minimum Gasteiger partial charge on any atom is -0.507 e. The molecule has 1 amide bonds. The number of benzene rings is 3. The Hall–Kier alpha value is -4.44. The van der Waals surface area contributed by atoms with E-state index in [2.05, 4.69) is 4.98 Å². The lowest BCUT2D eigenvalue weighted by atomic mass is 9.95. The SMILES string of the molecule is COc1cccc(C2/C(=C(\O)c3ccc(OC)c(OC)c3)C(=O)C(=O)N2c2nc3ccc(F)cc3s2)c1. The number of methoxy groups -OCH3 is 3. The molecule has 1 aliphatic rings. The molecule has 1 fully saturated rings. The van der Waals surface area contributed by atoms with Crippen LogP contribution in [-0.4, -0.2) is 43.1 Å². The molecule has 3 aromatic carbocycles. The topological polar surface area (TPSA) is 98.2 Å². The highest BCUT2D eigenvalue weighted by Gasteiger charge is 2.48.